The summed E-state index contributed by atoms with van der Waals surface area (Å²) in [7, 11) is 0. The maximum absolute atomic E-state index is 8.93. The first-order valence-electron chi connectivity index (χ1n) is 6.16. The standard InChI is InChI=1S/C14H14N4/c15-9-10-4-3-5-11(8-10)18-14(16)12-6-1-2-7-13(12)17-18/h3-5,8H,1-2,6-7,16H2. The number of nitrogens with two attached hydrogens (primary N) is 1. The van der Waals surface area contributed by atoms with Gasteiger partial charge in [0.25, 0.3) is 0 Å². The minimum absolute atomic E-state index is 0.625. The molecular weight excluding hydrogens is 224 g/mol. The minimum Gasteiger partial charge on any atom is -0.383 e. The van der Waals surface area contributed by atoms with Gasteiger partial charge in [0, 0.05) is 5.56 Å². The molecule has 1 aromatic heterocycles. The SMILES string of the molecule is N#Cc1cccc(-n2nc3c(c2N)CCCC3)c1. The molecule has 0 radical (unpaired) electrons. The molecule has 1 heterocycles. The summed E-state index contributed by atoms with van der Waals surface area (Å²) in [6.07, 6.45) is 4.38. The molecule has 4 heteroatoms. The van der Waals surface area contributed by atoms with Crippen LogP contribution in [0, 0.1) is 11.3 Å². The van der Waals surface area contributed by atoms with E-state index >= 15 is 0 Å². The lowest BCUT2D eigenvalue weighted by atomic mass is 9.98. The van der Waals surface area contributed by atoms with Crippen molar-refractivity contribution in [2.45, 2.75) is 25.7 Å². The number of aromatic nitrogens is 2. The highest BCUT2D eigenvalue weighted by atomic mass is 15.3. The van der Waals surface area contributed by atoms with Crippen LogP contribution in [0.15, 0.2) is 24.3 Å². The second kappa shape index (κ2) is 4.19. The molecule has 0 spiro atoms. The van der Waals surface area contributed by atoms with E-state index in [9.17, 15) is 0 Å². The summed E-state index contributed by atoms with van der Waals surface area (Å²) in [6.45, 7) is 0. The highest BCUT2D eigenvalue weighted by molar-refractivity contribution is 5.52. The highest BCUT2D eigenvalue weighted by Gasteiger charge is 2.19. The van der Waals surface area contributed by atoms with E-state index in [4.69, 9.17) is 11.0 Å². The Balaban J connectivity index is 2.12. The summed E-state index contributed by atoms with van der Waals surface area (Å²) in [5, 5.41) is 13.5. The molecule has 90 valence electrons. The Labute approximate surface area is 106 Å². The van der Waals surface area contributed by atoms with E-state index in [1.807, 2.05) is 18.2 Å². The van der Waals surface area contributed by atoms with E-state index in [0.29, 0.717) is 5.56 Å². The van der Waals surface area contributed by atoms with Crippen molar-refractivity contribution in [2.75, 3.05) is 5.73 Å². The Bertz CT molecular complexity index is 634. The van der Waals surface area contributed by atoms with Crippen LogP contribution in [-0.2, 0) is 12.8 Å². The summed E-state index contributed by atoms with van der Waals surface area (Å²) < 4.78 is 1.76. The zero-order chi connectivity index (χ0) is 12.5. The molecule has 0 saturated carbocycles. The van der Waals surface area contributed by atoms with Gasteiger partial charge in [0.2, 0.25) is 0 Å². The summed E-state index contributed by atoms with van der Waals surface area (Å²) in [6, 6.07) is 9.51. The van der Waals surface area contributed by atoms with Crippen LogP contribution in [0.3, 0.4) is 0 Å². The lowest BCUT2D eigenvalue weighted by Gasteiger charge is -2.08. The molecule has 0 unspecified atom stereocenters. The fraction of sp³-hybridized carbons (Fsp3) is 0.286. The molecule has 1 aliphatic carbocycles. The second-order valence-corrected chi connectivity index (χ2v) is 4.59. The third-order valence-corrected chi connectivity index (χ3v) is 3.42. The summed E-state index contributed by atoms with van der Waals surface area (Å²) >= 11 is 0. The van der Waals surface area contributed by atoms with E-state index in [0.717, 1.165) is 30.0 Å². The first kappa shape index (κ1) is 10.8. The first-order chi connectivity index (χ1) is 8.79. The lowest BCUT2D eigenvalue weighted by molar-refractivity contribution is 0.671. The number of hydrogen-bond acceptors (Lipinski definition) is 3. The molecule has 18 heavy (non-hydrogen) atoms. The van der Waals surface area contributed by atoms with Gasteiger partial charge in [-0.2, -0.15) is 10.4 Å². The molecule has 2 N–H and O–H groups in total. The Morgan fingerprint density at radius 2 is 2.11 bits per heavy atom. The maximum atomic E-state index is 8.93. The molecule has 4 nitrogen and oxygen atoms in total. The largest absolute Gasteiger partial charge is 0.383 e. The Morgan fingerprint density at radius 1 is 1.28 bits per heavy atom. The van der Waals surface area contributed by atoms with Gasteiger partial charge in [0.05, 0.1) is 23.0 Å². The van der Waals surface area contributed by atoms with Crippen LogP contribution in [0.2, 0.25) is 0 Å². The van der Waals surface area contributed by atoms with Crippen LogP contribution in [0.4, 0.5) is 5.82 Å². The van der Waals surface area contributed by atoms with Crippen molar-refractivity contribution in [1.29, 1.82) is 5.26 Å². The summed E-state index contributed by atoms with van der Waals surface area (Å²) in [4.78, 5) is 0. The third-order valence-electron chi connectivity index (χ3n) is 3.42. The number of fused-ring (bicyclic) bond motifs is 1. The number of aryl methyl sites for hydroxylation is 1. The summed E-state index contributed by atoms with van der Waals surface area (Å²) in [5.74, 6) is 0.722. The van der Waals surface area contributed by atoms with Crippen molar-refractivity contribution >= 4 is 5.82 Å². The first-order valence-corrected chi connectivity index (χ1v) is 6.16. The number of hydrogen-bond donors (Lipinski definition) is 1. The quantitative estimate of drug-likeness (QED) is 0.828. The number of nitrogens with zero attached hydrogens (tertiary/aromatic N) is 3. The van der Waals surface area contributed by atoms with Crippen LogP contribution in [0.1, 0.15) is 29.7 Å². The van der Waals surface area contributed by atoms with Gasteiger partial charge in [-0.25, -0.2) is 4.68 Å². The molecule has 1 aliphatic rings. The van der Waals surface area contributed by atoms with E-state index in [2.05, 4.69) is 11.2 Å². The Hall–Kier alpha value is -2.28. The normalized spacial score (nSPS) is 13.9. The van der Waals surface area contributed by atoms with Crippen molar-refractivity contribution in [2.24, 2.45) is 0 Å². The zero-order valence-electron chi connectivity index (χ0n) is 10.1. The Morgan fingerprint density at radius 3 is 2.89 bits per heavy atom. The molecule has 0 saturated heterocycles. The number of nitriles is 1. The van der Waals surface area contributed by atoms with E-state index in [1.165, 1.54) is 18.4 Å². The minimum atomic E-state index is 0.625. The van der Waals surface area contributed by atoms with E-state index < -0.39 is 0 Å². The molecule has 0 bridgehead atoms. The maximum Gasteiger partial charge on any atom is 0.130 e. The van der Waals surface area contributed by atoms with Crippen LogP contribution in [0.25, 0.3) is 5.69 Å². The second-order valence-electron chi connectivity index (χ2n) is 4.59. The topological polar surface area (TPSA) is 67.6 Å². The zero-order valence-corrected chi connectivity index (χ0v) is 10.1. The van der Waals surface area contributed by atoms with Gasteiger partial charge in [-0.15, -0.1) is 0 Å². The average Bonchev–Trinajstić information content (AvgIpc) is 2.77. The third kappa shape index (κ3) is 1.65. The van der Waals surface area contributed by atoms with Crippen molar-refractivity contribution in [3.8, 4) is 11.8 Å². The van der Waals surface area contributed by atoms with Gasteiger partial charge < -0.3 is 5.73 Å². The van der Waals surface area contributed by atoms with Crippen LogP contribution >= 0.6 is 0 Å². The number of nitrogen functional groups attached to an aromatic ring is 1. The molecule has 0 amide bonds. The molecule has 0 aliphatic heterocycles. The molecule has 1 aromatic carbocycles. The van der Waals surface area contributed by atoms with Crippen LogP contribution < -0.4 is 5.73 Å². The number of anilines is 1. The van der Waals surface area contributed by atoms with Gasteiger partial charge in [-0.1, -0.05) is 6.07 Å². The van der Waals surface area contributed by atoms with Crippen molar-refractivity contribution in [3.63, 3.8) is 0 Å². The van der Waals surface area contributed by atoms with Crippen molar-refractivity contribution in [3.05, 3.63) is 41.1 Å². The van der Waals surface area contributed by atoms with Gasteiger partial charge in [-0.3, -0.25) is 0 Å². The van der Waals surface area contributed by atoms with Gasteiger partial charge in [0.1, 0.15) is 5.82 Å². The smallest absolute Gasteiger partial charge is 0.130 e. The molecule has 0 atom stereocenters. The molecular formula is C14H14N4. The van der Waals surface area contributed by atoms with Crippen molar-refractivity contribution in [1.82, 2.24) is 9.78 Å². The monoisotopic (exact) mass is 238 g/mol. The fourth-order valence-corrected chi connectivity index (χ4v) is 2.48. The number of benzene rings is 1. The Kier molecular flexibility index (Phi) is 2.52. The van der Waals surface area contributed by atoms with E-state index in [-0.39, 0.29) is 0 Å². The van der Waals surface area contributed by atoms with Crippen LogP contribution in [-0.4, -0.2) is 9.78 Å². The van der Waals surface area contributed by atoms with Gasteiger partial charge >= 0.3 is 0 Å². The predicted molar refractivity (Wildman–Crippen MR) is 69.3 cm³/mol. The van der Waals surface area contributed by atoms with Crippen molar-refractivity contribution < 1.29 is 0 Å². The fourth-order valence-electron chi connectivity index (χ4n) is 2.48. The molecule has 2 aromatic rings. The molecule has 0 fully saturated rings. The molecule has 3 rings (SSSR count). The lowest BCUT2D eigenvalue weighted by Crippen LogP contribution is -2.03. The average molecular weight is 238 g/mol. The highest BCUT2D eigenvalue weighted by Crippen LogP contribution is 2.27. The van der Waals surface area contributed by atoms with Gasteiger partial charge in [0.15, 0.2) is 0 Å². The summed E-state index contributed by atoms with van der Waals surface area (Å²) in [5.41, 5.74) is 9.95. The van der Waals surface area contributed by atoms with Gasteiger partial charge in [-0.05, 0) is 43.9 Å². The van der Waals surface area contributed by atoms with E-state index in [1.54, 1.807) is 10.7 Å². The van der Waals surface area contributed by atoms with Crippen LogP contribution in [0.5, 0.6) is 0 Å². The number of rotatable bonds is 1. The predicted octanol–water partition coefficient (Wildman–Crippen LogP) is 2.20.